The molecule has 0 aromatic carbocycles. The second-order valence-electron chi connectivity index (χ2n) is 5.40. The lowest BCUT2D eigenvalue weighted by molar-refractivity contribution is -0.152. The topological polar surface area (TPSA) is 29.5 Å². The molecule has 0 aliphatic rings. The summed E-state index contributed by atoms with van der Waals surface area (Å²) in [6.45, 7) is 10.9. The Morgan fingerprint density at radius 1 is 1.21 bits per heavy atom. The van der Waals surface area contributed by atoms with Crippen molar-refractivity contribution in [1.82, 2.24) is 4.90 Å². The number of carbonyl (C=O) groups is 1. The molecule has 0 aliphatic carbocycles. The maximum Gasteiger partial charge on any atom is 0.312 e. The summed E-state index contributed by atoms with van der Waals surface area (Å²) in [6, 6.07) is 0. The second-order valence-corrected chi connectivity index (χ2v) is 5.40. The van der Waals surface area contributed by atoms with Crippen molar-refractivity contribution in [2.75, 3.05) is 20.7 Å². The number of esters is 1. The fourth-order valence-electron chi connectivity index (χ4n) is 1.17. The zero-order valence-corrected chi connectivity index (χ0v) is 10.5. The number of nitrogens with zero attached hydrogens (tertiary/aromatic N) is 1. The maximum atomic E-state index is 11.4. The van der Waals surface area contributed by atoms with Gasteiger partial charge in [0.1, 0.15) is 0 Å². The van der Waals surface area contributed by atoms with Gasteiger partial charge in [0.15, 0.2) is 0 Å². The quantitative estimate of drug-likeness (QED) is 0.653. The van der Waals surface area contributed by atoms with Crippen LogP contribution in [0.25, 0.3) is 0 Å². The van der Waals surface area contributed by atoms with E-state index in [0.29, 0.717) is 6.54 Å². The lowest BCUT2D eigenvalue weighted by atomic mass is 9.91. The third kappa shape index (κ3) is 3.66. The van der Waals surface area contributed by atoms with Crippen LogP contribution in [0.5, 0.6) is 0 Å². The van der Waals surface area contributed by atoms with Crippen molar-refractivity contribution in [3.05, 3.63) is 0 Å². The molecule has 0 saturated carbocycles. The molecule has 0 aromatic rings. The zero-order chi connectivity index (χ0) is 11.6. The molecule has 0 N–H and O–H groups in total. The highest BCUT2D eigenvalue weighted by Crippen LogP contribution is 2.22. The average molecular weight is 201 g/mol. The van der Waals surface area contributed by atoms with Gasteiger partial charge in [0, 0.05) is 12.1 Å². The van der Waals surface area contributed by atoms with Gasteiger partial charge in [0.05, 0.1) is 12.5 Å². The van der Waals surface area contributed by atoms with Crippen LogP contribution in [0.2, 0.25) is 0 Å². The SMILES string of the molecule is COC(=O)C(C)(C)CN(C)C(C)(C)C. The highest BCUT2D eigenvalue weighted by atomic mass is 16.5. The molecule has 3 nitrogen and oxygen atoms in total. The summed E-state index contributed by atoms with van der Waals surface area (Å²) in [5.41, 5.74) is -0.373. The Balaban J connectivity index is 4.44. The van der Waals surface area contributed by atoms with Gasteiger partial charge in [-0.05, 0) is 41.7 Å². The molecule has 0 aliphatic heterocycles. The van der Waals surface area contributed by atoms with E-state index in [9.17, 15) is 4.79 Å². The summed E-state index contributed by atoms with van der Waals surface area (Å²) in [6.07, 6.45) is 0. The van der Waals surface area contributed by atoms with Crippen molar-refractivity contribution in [3.8, 4) is 0 Å². The Morgan fingerprint density at radius 2 is 1.64 bits per heavy atom. The van der Waals surface area contributed by atoms with Crippen molar-refractivity contribution < 1.29 is 9.53 Å². The van der Waals surface area contributed by atoms with Crippen LogP contribution in [0.15, 0.2) is 0 Å². The van der Waals surface area contributed by atoms with E-state index in [-0.39, 0.29) is 11.5 Å². The monoisotopic (exact) mass is 201 g/mol. The first-order valence-corrected chi connectivity index (χ1v) is 4.91. The molecule has 0 radical (unpaired) electrons. The number of hydrogen-bond acceptors (Lipinski definition) is 3. The summed E-state index contributed by atoms with van der Waals surface area (Å²) in [5.74, 6) is -0.159. The van der Waals surface area contributed by atoms with E-state index in [1.165, 1.54) is 7.11 Å². The highest BCUT2D eigenvalue weighted by molar-refractivity contribution is 5.76. The zero-order valence-electron chi connectivity index (χ0n) is 10.5. The Kier molecular flexibility index (Phi) is 4.13. The lowest BCUT2D eigenvalue weighted by Gasteiger charge is -2.36. The Bertz CT molecular complexity index is 204. The molecule has 0 saturated heterocycles. The number of hydrogen-bond donors (Lipinski definition) is 0. The van der Waals surface area contributed by atoms with Crippen LogP contribution in [-0.2, 0) is 9.53 Å². The Morgan fingerprint density at radius 3 is 1.93 bits per heavy atom. The fourth-order valence-corrected chi connectivity index (χ4v) is 1.17. The molecule has 0 heterocycles. The van der Waals surface area contributed by atoms with Gasteiger partial charge >= 0.3 is 5.97 Å². The van der Waals surface area contributed by atoms with Crippen molar-refractivity contribution in [1.29, 1.82) is 0 Å². The summed E-state index contributed by atoms with van der Waals surface area (Å²) in [5, 5.41) is 0. The van der Waals surface area contributed by atoms with Gasteiger partial charge in [-0.1, -0.05) is 0 Å². The van der Waals surface area contributed by atoms with E-state index < -0.39 is 5.41 Å². The number of methoxy groups -OCH3 is 1. The molecule has 0 atom stereocenters. The molecule has 0 aromatic heterocycles. The molecule has 3 heteroatoms. The van der Waals surface area contributed by atoms with Crippen LogP contribution in [0.4, 0.5) is 0 Å². The Hall–Kier alpha value is -0.570. The van der Waals surface area contributed by atoms with Crippen LogP contribution < -0.4 is 0 Å². The predicted octanol–water partition coefficient (Wildman–Crippen LogP) is 1.92. The molecule has 0 amide bonds. The third-order valence-corrected chi connectivity index (χ3v) is 2.52. The van der Waals surface area contributed by atoms with Gasteiger partial charge in [-0.25, -0.2) is 0 Å². The number of carbonyl (C=O) groups excluding carboxylic acids is 1. The molecule has 0 rings (SSSR count). The summed E-state index contributed by atoms with van der Waals surface area (Å²) in [7, 11) is 3.45. The van der Waals surface area contributed by atoms with Crippen LogP contribution in [0, 0.1) is 5.41 Å². The second kappa shape index (κ2) is 4.30. The highest BCUT2D eigenvalue weighted by Gasteiger charge is 2.32. The van der Waals surface area contributed by atoms with E-state index >= 15 is 0 Å². The van der Waals surface area contributed by atoms with Crippen molar-refractivity contribution >= 4 is 5.97 Å². The molecule has 84 valence electrons. The maximum absolute atomic E-state index is 11.4. The van der Waals surface area contributed by atoms with Crippen LogP contribution in [-0.4, -0.2) is 37.1 Å². The molecule has 0 bridgehead atoms. The van der Waals surface area contributed by atoms with Crippen LogP contribution in [0.3, 0.4) is 0 Å². The first-order chi connectivity index (χ1) is 6.11. The smallest absolute Gasteiger partial charge is 0.312 e. The molecule has 0 spiro atoms. The largest absolute Gasteiger partial charge is 0.469 e. The molecular formula is C11H23NO2. The van der Waals surface area contributed by atoms with Crippen molar-refractivity contribution in [2.24, 2.45) is 5.41 Å². The summed E-state index contributed by atoms with van der Waals surface area (Å²) >= 11 is 0. The standard InChI is InChI=1S/C11H23NO2/c1-10(2,3)12(6)8-11(4,5)9(13)14-7/h8H2,1-7H3. The minimum atomic E-state index is -0.448. The molecule has 0 unspecified atom stereocenters. The number of rotatable bonds is 3. The van der Waals surface area contributed by atoms with E-state index in [2.05, 4.69) is 25.7 Å². The minimum absolute atomic E-state index is 0.0747. The van der Waals surface area contributed by atoms with Gasteiger partial charge in [0.2, 0.25) is 0 Å². The van der Waals surface area contributed by atoms with E-state index in [1.807, 2.05) is 20.9 Å². The normalized spacial score (nSPS) is 13.1. The molecule has 0 fully saturated rings. The lowest BCUT2D eigenvalue weighted by Crippen LogP contribution is -2.46. The van der Waals surface area contributed by atoms with Crippen molar-refractivity contribution in [2.45, 2.75) is 40.2 Å². The molecular weight excluding hydrogens is 178 g/mol. The van der Waals surface area contributed by atoms with E-state index in [4.69, 9.17) is 4.74 Å². The van der Waals surface area contributed by atoms with Crippen LogP contribution in [0.1, 0.15) is 34.6 Å². The van der Waals surface area contributed by atoms with Gasteiger partial charge in [0.25, 0.3) is 0 Å². The minimum Gasteiger partial charge on any atom is -0.469 e. The number of ether oxygens (including phenoxy) is 1. The summed E-state index contributed by atoms with van der Waals surface area (Å²) < 4.78 is 4.76. The summed E-state index contributed by atoms with van der Waals surface area (Å²) in [4.78, 5) is 13.6. The third-order valence-electron chi connectivity index (χ3n) is 2.52. The Labute approximate surface area is 87.4 Å². The first-order valence-electron chi connectivity index (χ1n) is 4.91. The van der Waals surface area contributed by atoms with E-state index in [0.717, 1.165) is 0 Å². The van der Waals surface area contributed by atoms with Crippen molar-refractivity contribution in [3.63, 3.8) is 0 Å². The van der Waals surface area contributed by atoms with Gasteiger partial charge in [-0.3, -0.25) is 4.79 Å². The van der Waals surface area contributed by atoms with Gasteiger partial charge in [-0.15, -0.1) is 0 Å². The molecule has 14 heavy (non-hydrogen) atoms. The fraction of sp³-hybridized carbons (Fsp3) is 0.909. The van der Waals surface area contributed by atoms with E-state index in [1.54, 1.807) is 0 Å². The first kappa shape index (κ1) is 13.4. The predicted molar refractivity (Wildman–Crippen MR) is 58.2 cm³/mol. The van der Waals surface area contributed by atoms with Gasteiger partial charge < -0.3 is 9.64 Å². The van der Waals surface area contributed by atoms with Crippen LogP contribution >= 0.6 is 0 Å². The average Bonchev–Trinajstić information content (AvgIpc) is 2.00. The van der Waals surface area contributed by atoms with Gasteiger partial charge in [-0.2, -0.15) is 0 Å².